The Labute approximate surface area is 163 Å². The third kappa shape index (κ3) is 10.5. The first kappa shape index (κ1) is 23.0. The molecule has 6 heteroatoms. The van der Waals surface area contributed by atoms with Crippen LogP contribution in [-0.2, 0) is 29.2 Å². The second kappa shape index (κ2) is 13.3. The van der Waals surface area contributed by atoms with E-state index in [9.17, 15) is 5.11 Å². The maximum absolute atomic E-state index is 12.2. The summed E-state index contributed by atoms with van der Waals surface area (Å²) in [5.41, 5.74) is 3.03. The Morgan fingerprint density at radius 3 is 1.91 bits per heavy atom. The van der Waals surface area contributed by atoms with Gasteiger partial charge in [0.15, 0.2) is 0 Å². The van der Waals surface area contributed by atoms with Crippen molar-refractivity contribution in [3.8, 4) is 0 Å². The Balaban J connectivity index is 0.00000232. The van der Waals surface area contributed by atoms with E-state index in [1.54, 1.807) is 0 Å². The van der Waals surface area contributed by atoms with E-state index in [0.29, 0.717) is 12.1 Å². The van der Waals surface area contributed by atoms with E-state index in [-0.39, 0.29) is 5.90 Å². The van der Waals surface area contributed by atoms with Gasteiger partial charge in [0.1, 0.15) is 0 Å². The first-order valence-corrected chi connectivity index (χ1v) is 14.1. The fraction of sp³-hybridized carbons (Fsp3) is 0.588. The molecule has 1 aromatic rings. The number of nitrogens with zero attached hydrogens (tertiary/aromatic N) is 3. The Morgan fingerprint density at radius 2 is 1.52 bits per heavy atom. The first-order chi connectivity index (χ1) is 10.9. The molecule has 0 spiro atoms. The van der Waals surface area contributed by atoms with E-state index < -0.39 is 0 Å². The molecule has 0 atom stereocenters. The molecular weight excluding hydrogens is 584 g/mol. The summed E-state index contributed by atoms with van der Waals surface area (Å²) in [6.45, 7) is 4.39. The van der Waals surface area contributed by atoms with Gasteiger partial charge in [-0.15, -0.1) is 0 Å². The van der Waals surface area contributed by atoms with Crippen molar-refractivity contribution in [2.75, 3.05) is 34.7 Å². The standard InChI is InChI=1S/C17H29N3O.HI.Pt/c1-6-7-8-18-17(21)16-10-14(12-19(2)3)9-15(11-16)13-20(4)5;;/h9-11H,6-8,12-13H2,1-5H3,(H,18,21);1H;/q;;+2/p-2. The summed E-state index contributed by atoms with van der Waals surface area (Å²) in [5, 5.41) is 12.2. The normalized spacial score (nSPS) is 11.7. The average Bonchev–Trinajstić information content (AvgIpc) is 2.47. The Kier molecular flexibility index (Phi) is 13.4. The van der Waals surface area contributed by atoms with Crippen LogP contribution in [0.2, 0.25) is 0 Å². The van der Waals surface area contributed by atoms with Crippen LogP contribution in [0.3, 0.4) is 0 Å². The van der Waals surface area contributed by atoms with Gasteiger partial charge in [0.05, 0.1) is 0 Å². The summed E-state index contributed by atoms with van der Waals surface area (Å²) in [4.78, 5) is 8.38. The predicted octanol–water partition coefficient (Wildman–Crippen LogP) is 2.60. The number of aliphatic imine (C=N–C) groups is 1. The number of unbranched alkanes of at least 4 members (excludes halogenated alkanes) is 1. The van der Waals surface area contributed by atoms with Crippen molar-refractivity contribution < 1.29 is 21.2 Å². The first-order valence-electron chi connectivity index (χ1n) is 7.68. The molecule has 1 aromatic carbocycles. The third-order valence-electron chi connectivity index (χ3n) is 3.06. The third-order valence-corrected chi connectivity index (χ3v) is 3.06. The van der Waals surface area contributed by atoms with Crippen molar-refractivity contribution in [1.82, 2.24) is 9.80 Å². The van der Waals surface area contributed by atoms with E-state index in [4.69, 9.17) is 0 Å². The van der Waals surface area contributed by atoms with Crippen LogP contribution in [-0.4, -0.2) is 50.4 Å². The Bertz CT molecular complexity index is 451. The van der Waals surface area contributed by atoms with Gasteiger partial charge in [-0.2, -0.15) is 0 Å². The number of benzene rings is 1. The molecule has 0 saturated heterocycles. The molecular formula is C17H28IN3OPt. The summed E-state index contributed by atoms with van der Waals surface area (Å²) < 4.78 is 0. The molecule has 23 heavy (non-hydrogen) atoms. The SMILES string of the molecule is CCCCN=C([O-])c1cc(CN(C)C)cc(CN(C)C)c1.[I][Pt+]. The molecule has 0 radical (unpaired) electrons. The van der Waals surface area contributed by atoms with Gasteiger partial charge < -0.3 is 19.9 Å². The van der Waals surface area contributed by atoms with Crippen LogP contribution in [0.1, 0.15) is 36.5 Å². The molecule has 0 fully saturated rings. The molecule has 0 aliphatic carbocycles. The molecule has 0 aliphatic rings. The molecule has 0 N–H and O–H groups in total. The van der Waals surface area contributed by atoms with Gasteiger partial charge in [0.2, 0.25) is 0 Å². The molecule has 0 heterocycles. The van der Waals surface area contributed by atoms with Crippen molar-refractivity contribution >= 4 is 25.3 Å². The van der Waals surface area contributed by atoms with Crippen LogP contribution in [0, 0.1) is 0 Å². The number of hydrogen-bond donors (Lipinski definition) is 0. The van der Waals surface area contributed by atoms with Crippen LogP contribution >= 0.6 is 19.4 Å². The maximum atomic E-state index is 12.2. The zero-order valence-corrected chi connectivity index (χ0v) is 19.1. The van der Waals surface area contributed by atoms with Crippen molar-refractivity contribution in [3.63, 3.8) is 0 Å². The summed E-state index contributed by atoms with van der Waals surface area (Å²) >= 11 is 4.23. The van der Waals surface area contributed by atoms with Crippen molar-refractivity contribution in [2.45, 2.75) is 32.9 Å². The van der Waals surface area contributed by atoms with Crippen molar-refractivity contribution in [1.29, 1.82) is 0 Å². The van der Waals surface area contributed by atoms with E-state index in [0.717, 1.165) is 37.1 Å². The molecule has 0 amide bonds. The van der Waals surface area contributed by atoms with E-state index in [2.05, 4.69) is 63.3 Å². The van der Waals surface area contributed by atoms with Gasteiger partial charge in [-0.05, 0) is 69.3 Å². The number of rotatable bonds is 8. The van der Waals surface area contributed by atoms with Crippen molar-refractivity contribution in [2.24, 2.45) is 4.99 Å². The van der Waals surface area contributed by atoms with Gasteiger partial charge in [0, 0.05) is 19.6 Å². The summed E-state index contributed by atoms with van der Waals surface area (Å²) in [7, 11) is 8.13. The topological polar surface area (TPSA) is 41.9 Å². The van der Waals surface area contributed by atoms with Crippen LogP contribution in [0.25, 0.3) is 0 Å². The van der Waals surface area contributed by atoms with Crippen LogP contribution in [0.4, 0.5) is 0 Å². The van der Waals surface area contributed by atoms with Gasteiger partial charge >= 0.3 is 35.5 Å². The van der Waals surface area contributed by atoms with E-state index >= 15 is 0 Å². The van der Waals surface area contributed by atoms with Gasteiger partial charge in [-0.25, -0.2) is 0 Å². The van der Waals surface area contributed by atoms with E-state index in [1.165, 1.54) is 0 Å². The summed E-state index contributed by atoms with van der Waals surface area (Å²) in [6.07, 6.45) is 2.02. The van der Waals surface area contributed by atoms with Gasteiger partial charge in [0.25, 0.3) is 0 Å². The molecule has 0 bridgehead atoms. The molecule has 0 saturated carbocycles. The molecule has 0 unspecified atom stereocenters. The van der Waals surface area contributed by atoms with Crippen LogP contribution in [0.5, 0.6) is 0 Å². The molecule has 4 nitrogen and oxygen atoms in total. The number of hydrogen-bond acceptors (Lipinski definition) is 4. The minimum atomic E-state index is -0.0935. The van der Waals surface area contributed by atoms with Gasteiger partial charge in [-0.1, -0.05) is 19.4 Å². The summed E-state index contributed by atoms with van der Waals surface area (Å²) in [5.74, 6) is -0.0935. The van der Waals surface area contributed by atoms with Gasteiger partial charge in [-0.3, -0.25) is 0 Å². The Hall–Kier alpha value is 0.0283. The molecule has 134 valence electrons. The Morgan fingerprint density at radius 1 is 1.04 bits per heavy atom. The zero-order chi connectivity index (χ0) is 17.8. The quantitative estimate of drug-likeness (QED) is 0.196. The molecule has 1 rings (SSSR count). The fourth-order valence-electron chi connectivity index (χ4n) is 2.23. The second-order valence-electron chi connectivity index (χ2n) is 6.05. The molecule has 0 aromatic heterocycles. The monoisotopic (exact) mass is 612 g/mol. The summed E-state index contributed by atoms with van der Waals surface area (Å²) in [6, 6.07) is 6.11. The van der Waals surface area contributed by atoms with E-state index in [1.807, 2.05) is 40.3 Å². The van der Waals surface area contributed by atoms with Crippen LogP contribution in [0.15, 0.2) is 23.2 Å². The zero-order valence-electron chi connectivity index (χ0n) is 14.7. The van der Waals surface area contributed by atoms with Crippen molar-refractivity contribution in [3.05, 3.63) is 34.9 Å². The number of halogens is 1. The second-order valence-corrected chi connectivity index (χ2v) is 6.05. The average molecular weight is 612 g/mol. The van der Waals surface area contributed by atoms with Crippen LogP contribution < -0.4 is 5.11 Å². The minimum absolute atomic E-state index is 0.0935. The molecule has 0 aliphatic heterocycles. The fourth-order valence-corrected chi connectivity index (χ4v) is 2.23. The predicted molar refractivity (Wildman–Crippen MR) is 102 cm³/mol.